The van der Waals surface area contributed by atoms with Crippen molar-refractivity contribution in [2.45, 2.75) is 11.3 Å². The fourth-order valence-electron chi connectivity index (χ4n) is 2.02. The summed E-state index contributed by atoms with van der Waals surface area (Å²) in [5, 5.41) is 0. The number of carbonyl (C=O) groups excluding carboxylic acids is 2. The number of halogens is 2. The number of benzene rings is 2. The number of hydrogen-bond donors (Lipinski definition) is 1. The first-order chi connectivity index (χ1) is 11.5. The molecule has 126 valence electrons. The molecule has 2 rings (SSSR count). The summed E-state index contributed by atoms with van der Waals surface area (Å²) in [7, 11) is 0. The summed E-state index contributed by atoms with van der Waals surface area (Å²) in [6.45, 7) is 0.166. The van der Waals surface area contributed by atoms with Gasteiger partial charge in [0, 0.05) is 28.0 Å². The van der Waals surface area contributed by atoms with Crippen molar-refractivity contribution in [3.05, 3.63) is 58.8 Å². The molecular weight excluding hydrogens is 395 g/mol. The van der Waals surface area contributed by atoms with E-state index in [-0.39, 0.29) is 30.4 Å². The number of amides is 2. The first kappa shape index (κ1) is 18.5. The van der Waals surface area contributed by atoms with Crippen molar-refractivity contribution in [3.8, 4) is 0 Å². The molecule has 24 heavy (non-hydrogen) atoms. The third-order valence-corrected chi connectivity index (χ3v) is 4.65. The fraction of sp³-hybridized carbons (Fsp3) is 0.176. The van der Waals surface area contributed by atoms with Crippen LogP contribution in [0.3, 0.4) is 0 Å². The topological polar surface area (TPSA) is 63.4 Å². The first-order valence-corrected chi connectivity index (χ1v) is 8.96. The van der Waals surface area contributed by atoms with Crippen LogP contribution in [0.5, 0.6) is 0 Å². The number of rotatable bonds is 7. The van der Waals surface area contributed by atoms with Gasteiger partial charge >= 0.3 is 0 Å². The van der Waals surface area contributed by atoms with Crippen LogP contribution >= 0.6 is 27.7 Å². The monoisotopic (exact) mass is 410 g/mol. The summed E-state index contributed by atoms with van der Waals surface area (Å²) in [5.41, 5.74) is 5.72. The van der Waals surface area contributed by atoms with Crippen molar-refractivity contribution in [2.24, 2.45) is 5.73 Å². The van der Waals surface area contributed by atoms with Crippen molar-refractivity contribution >= 4 is 45.2 Å². The van der Waals surface area contributed by atoms with E-state index in [4.69, 9.17) is 5.73 Å². The van der Waals surface area contributed by atoms with E-state index in [1.54, 1.807) is 0 Å². The summed E-state index contributed by atoms with van der Waals surface area (Å²) in [6.07, 6.45) is 0.0463. The van der Waals surface area contributed by atoms with E-state index in [2.05, 4.69) is 15.9 Å². The molecule has 0 aliphatic carbocycles. The maximum atomic E-state index is 13.1. The minimum Gasteiger partial charge on any atom is -0.370 e. The highest BCUT2D eigenvalue weighted by Gasteiger charge is 2.17. The molecule has 0 fully saturated rings. The zero-order valence-electron chi connectivity index (χ0n) is 12.7. The third kappa shape index (κ3) is 5.65. The number of anilines is 1. The summed E-state index contributed by atoms with van der Waals surface area (Å²) in [6, 6.07) is 13.2. The van der Waals surface area contributed by atoms with E-state index >= 15 is 0 Å². The lowest BCUT2D eigenvalue weighted by Crippen LogP contribution is -2.35. The summed E-state index contributed by atoms with van der Waals surface area (Å²) in [4.78, 5) is 26.0. The Labute approximate surface area is 152 Å². The Balaban J connectivity index is 2.08. The maximum Gasteiger partial charge on any atom is 0.237 e. The molecule has 0 heterocycles. The Bertz CT molecular complexity index is 725. The van der Waals surface area contributed by atoms with Gasteiger partial charge in [0.25, 0.3) is 0 Å². The van der Waals surface area contributed by atoms with Gasteiger partial charge in [0.1, 0.15) is 5.82 Å². The van der Waals surface area contributed by atoms with Gasteiger partial charge in [-0.05, 0) is 42.5 Å². The largest absolute Gasteiger partial charge is 0.370 e. The van der Waals surface area contributed by atoms with Crippen LogP contribution in [-0.2, 0) is 9.59 Å². The van der Waals surface area contributed by atoms with Crippen LogP contribution in [0, 0.1) is 5.82 Å². The standard InChI is InChI=1S/C17H16BrFN2O2S/c18-12-2-1-3-15(10-12)24-11-17(23)21(9-8-16(20)22)14-6-4-13(19)5-7-14/h1-7,10H,8-9,11H2,(H2,20,22). The average Bonchev–Trinajstić information content (AvgIpc) is 2.54. The van der Waals surface area contributed by atoms with E-state index < -0.39 is 5.91 Å². The highest BCUT2D eigenvalue weighted by Crippen LogP contribution is 2.23. The highest BCUT2D eigenvalue weighted by molar-refractivity contribution is 9.10. The minimum absolute atomic E-state index is 0.0463. The first-order valence-electron chi connectivity index (χ1n) is 7.18. The molecule has 0 saturated carbocycles. The van der Waals surface area contributed by atoms with Crippen LogP contribution in [-0.4, -0.2) is 24.1 Å². The maximum absolute atomic E-state index is 13.1. The number of hydrogen-bond acceptors (Lipinski definition) is 3. The molecule has 0 radical (unpaired) electrons. The number of nitrogens with zero attached hydrogens (tertiary/aromatic N) is 1. The molecule has 4 nitrogen and oxygen atoms in total. The van der Waals surface area contributed by atoms with Crippen LogP contribution in [0.25, 0.3) is 0 Å². The second kappa shape index (κ2) is 8.84. The molecule has 2 amide bonds. The van der Waals surface area contributed by atoms with Gasteiger partial charge in [-0.15, -0.1) is 11.8 Å². The smallest absolute Gasteiger partial charge is 0.237 e. The molecule has 0 atom stereocenters. The molecule has 0 aromatic heterocycles. The molecule has 0 aliphatic rings. The van der Waals surface area contributed by atoms with Crippen LogP contribution in [0.4, 0.5) is 10.1 Å². The van der Waals surface area contributed by atoms with Crippen molar-refractivity contribution in [1.82, 2.24) is 0 Å². The molecular formula is C17H16BrFN2O2S. The second-order valence-corrected chi connectivity index (χ2v) is 6.95. The van der Waals surface area contributed by atoms with Gasteiger partial charge in [0.05, 0.1) is 5.75 Å². The van der Waals surface area contributed by atoms with Crippen molar-refractivity contribution in [3.63, 3.8) is 0 Å². The third-order valence-electron chi connectivity index (χ3n) is 3.18. The summed E-state index contributed by atoms with van der Waals surface area (Å²) >= 11 is 4.78. The van der Waals surface area contributed by atoms with Crippen LogP contribution < -0.4 is 10.6 Å². The SMILES string of the molecule is NC(=O)CCN(C(=O)CSc1cccc(Br)c1)c1ccc(F)cc1. The Morgan fingerprint density at radius 3 is 2.50 bits per heavy atom. The predicted molar refractivity (Wildman–Crippen MR) is 97.4 cm³/mol. The normalized spacial score (nSPS) is 10.4. The van der Waals surface area contributed by atoms with Crippen molar-refractivity contribution in [2.75, 3.05) is 17.2 Å². The Hall–Kier alpha value is -1.86. The van der Waals surface area contributed by atoms with Crippen LogP contribution in [0.2, 0.25) is 0 Å². The predicted octanol–water partition coefficient (Wildman–Crippen LogP) is 3.59. The van der Waals surface area contributed by atoms with E-state index in [1.165, 1.54) is 40.9 Å². The molecule has 2 aromatic rings. The van der Waals surface area contributed by atoms with E-state index in [9.17, 15) is 14.0 Å². The number of primary amides is 1. The number of nitrogens with two attached hydrogens (primary N) is 1. The van der Waals surface area contributed by atoms with Crippen molar-refractivity contribution < 1.29 is 14.0 Å². The lowest BCUT2D eigenvalue weighted by Gasteiger charge is -2.22. The lowest BCUT2D eigenvalue weighted by molar-refractivity contribution is -0.118. The number of carbonyl (C=O) groups is 2. The molecule has 0 bridgehead atoms. The quantitative estimate of drug-likeness (QED) is 0.709. The van der Waals surface area contributed by atoms with Gasteiger partial charge in [-0.25, -0.2) is 4.39 Å². The highest BCUT2D eigenvalue weighted by atomic mass is 79.9. The molecule has 0 aliphatic heterocycles. The van der Waals surface area contributed by atoms with Gasteiger partial charge in [-0.3, -0.25) is 9.59 Å². The molecule has 0 spiro atoms. The fourth-order valence-corrected chi connectivity index (χ4v) is 3.40. The van der Waals surface area contributed by atoms with E-state index in [0.717, 1.165) is 9.37 Å². The minimum atomic E-state index is -0.491. The van der Waals surface area contributed by atoms with Crippen LogP contribution in [0.15, 0.2) is 57.9 Å². The van der Waals surface area contributed by atoms with Gasteiger partial charge in [0.15, 0.2) is 0 Å². The lowest BCUT2D eigenvalue weighted by atomic mass is 10.2. The Morgan fingerprint density at radius 2 is 1.88 bits per heavy atom. The zero-order chi connectivity index (χ0) is 17.5. The van der Waals surface area contributed by atoms with E-state index in [0.29, 0.717) is 5.69 Å². The number of thioether (sulfide) groups is 1. The van der Waals surface area contributed by atoms with Gasteiger partial charge in [-0.2, -0.15) is 0 Å². The van der Waals surface area contributed by atoms with Gasteiger partial charge in [0.2, 0.25) is 11.8 Å². The zero-order valence-corrected chi connectivity index (χ0v) is 15.1. The van der Waals surface area contributed by atoms with Crippen LogP contribution in [0.1, 0.15) is 6.42 Å². The van der Waals surface area contributed by atoms with Gasteiger partial charge < -0.3 is 10.6 Å². The second-order valence-electron chi connectivity index (χ2n) is 4.98. The summed E-state index contributed by atoms with van der Waals surface area (Å²) in [5.74, 6) is -0.848. The van der Waals surface area contributed by atoms with E-state index in [1.807, 2.05) is 24.3 Å². The summed E-state index contributed by atoms with van der Waals surface area (Å²) < 4.78 is 14.0. The molecule has 2 N–H and O–H groups in total. The van der Waals surface area contributed by atoms with Crippen molar-refractivity contribution in [1.29, 1.82) is 0 Å². The van der Waals surface area contributed by atoms with Gasteiger partial charge in [-0.1, -0.05) is 22.0 Å². The molecule has 2 aromatic carbocycles. The average molecular weight is 411 g/mol. The molecule has 0 unspecified atom stereocenters. The Morgan fingerprint density at radius 1 is 1.17 bits per heavy atom. The molecule has 0 saturated heterocycles. The molecule has 7 heteroatoms. The Kier molecular flexibility index (Phi) is 6.81.